The van der Waals surface area contributed by atoms with Crippen LogP contribution < -0.4 is 0 Å². The summed E-state index contributed by atoms with van der Waals surface area (Å²) >= 11 is 0. The Hall–Kier alpha value is -0.830. The number of esters is 1. The summed E-state index contributed by atoms with van der Waals surface area (Å²) in [7, 11) is 0. The Morgan fingerprint density at radius 1 is 0.818 bits per heavy atom. The van der Waals surface area contributed by atoms with Crippen LogP contribution in [0.15, 0.2) is 11.1 Å². The molecular formula is C30H46O3. The van der Waals surface area contributed by atoms with Crippen LogP contribution in [-0.4, -0.2) is 18.4 Å². The number of fused-ring (bicyclic) bond motifs is 10. The Bertz CT molecular complexity index is 931. The first-order valence-electron chi connectivity index (χ1n) is 13.9. The van der Waals surface area contributed by atoms with Crippen LogP contribution in [0.4, 0.5) is 0 Å². The van der Waals surface area contributed by atoms with E-state index in [0.29, 0.717) is 28.6 Å². The molecule has 9 unspecified atom stereocenters. The quantitative estimate of drug-likeness (QED) is 0.308. The molecule has 3 nitrogen and oxygen atoms in total. The second kappa shape index (κ2) is 6.48. The van der Waals surface area contributed by atoms with Crippen molar-refractivity contribution in [2.24, 2.45) is 50.7 Å². The highest BCUT2D eigenvalue weighted by Gasteiger charge is 2.75. The van der Waals surface area contributed by atoms with Crippen molar-refractivity contribution in [2.75, 3.05) is 0 Å². The largest absolute Gasteiger partial charge is 0.433 e. The fourth-order valence-corrected chi connectivity index (χ4v) is 11.4. The third kappa shape index (κ3) is 2.40. The van der Waals surface area contributed by atoms with E-state index in [2.05, 4.69) is 55.4 Å². The van der Waals surface area contributed by atoms with Gasteiger partial charge >= 0.3 is 5.97 Å². The molecule has 9 atom stereocenters. The number of hydrogen-bond acceptors (Lipinski definition) is 3. The van der Waals surface area contributed by atoms with Crippen molar-refractivity contribution in [1.29, 1.82) is 0 Å². The Balaban J connectivity index is 1.44. The lowest BCUT2D eigenvalue weighted by Crippen LogP contribution is -2.69. The zero-order valence-corrected chi connectivity index (χ0v) is 22.3. The lowest BCUT2D eigenvalue weighted by atomic mass is 9.32. The van der Waals surface area contributed by atoms with Gasteiger partial charge in [-0.3, -0.25) is 0 Å². The van der Waals surface area contributed by atoms with Crippen LogP contribution in [-0.2, 0) is 14.3 Å². The van der Waals surface area contributed by atoms with Gasteiger partial charge in [0.15, 0.2) is 6.10 Å². The average molecular weight is 455 g/mol. The van der Waals surface area contributed by atoms with Crippen LogP contribution in [0, 0.1) is 50.7 Å². The third-order valence-corrected chi connectivity index (χ3v) is 13.2. The van der Waals surface area contributed by atoms with Gasteiger partial charge in [-0.05, 0) is 91.3 Å². The molecule has 0 aromatic heterocycles. The highest BCUT2D eigenvalue weighted by molar-refractivity contribution is 5.78. The zero-order chi connectivity index (χ0) is 23.8. The van der Waals surface area contributed by atoms with E-state index in [-0.39, 0.29) is 34.6 Å². The van der Waals surface area contributed by atoms with Crippen LogP contribution in [0.3, 0.4) is 0 Å². The molecule has 3 heteroatoms. The molecule has 0 aromatic carbocycles. The predicted molar refractivity (Wildman–Crippen MR) is 130 cm³/mol. The lowest BCUT2D eigenvalue weighted by Gasteiger charge is -2.72. The summed E-state index contributed by atoms with van der Waals surface area (Å²) in [4.78, 5) is 13.1. The maximum atomic E-state index is 13.1. The van der Waals surface area contributed by atoms with Crippen LogP contribution >= 0.6 is 0 Å². The number of hydrogen-bond donors (Lipinski definition) is 0. The summed E-state index contributed by atoms with van der Waals surface area (Å²) in [6.45, 7) is 19.7. The minimum atomic E-state index is -0.376. The molecular weight excluding hydrogens is 408 g/mol. The number of rotatable bonds is 1. The third-order valence-electron chi connectivity index (χ3n) is 13.2. The standard InChI is InChI=1S/C30H46O3/c1-17(2)18-11-14-27(5)19(18)12-15-28(6)21(27)9-10-22-29(28,7)16-13-20-26(3,4)25-32-23(24(31)33-25)30(20,22)8/h17,20-23,25H,9-16H2,1-8H3. The molecule has 5 fully saturated rings. The van der Waals surface area contributed by atoms with E-state index in [4.69, 9.17) is 9.47 Å². The first kappa shape index (κ1) is 22.6. The molecule has 0 aromatic rings. The summed E-state index contributed by atoms with van der Waals surface area (Å²) in [6.07, 6.45) is 9.54. The van der Waals surface area contributed by atoms with Crippen LogP contribution in [0.25, 0.3) is 0 Å². The average Bonchev–Trinajstić information content (AvgIpc) is 3.27. The SMILES string of the molecule is CC(C)C1=C2CCC3(C)C(CCC4C5(C)C6OC(OC6=O)C(C)(C)C5CCC43C)C2(C)CC1. The minimum Gasteiger partial charge on any atom is -0.433 e. The van der Waals surface area contributed by atoms with Gasteiger partial charge in [0.05, 0.1) is 0 Å². The van der Waals surface area contributed by atoms with Gasteiger partial charge in [-0.15, -0.1) is 0 Å². The summed E-state index contributed by atoms with van der Waals surface area (Å²) in [5.74, 6) is 2.35. The first-order chi connectivity index (χ1) is 15.3. The number of ether oxygens (including phenoxy) is 2. The Morgan fingerprint density at radius 2 is 1.48 bits per heavy atom. The van der Waals surface area contributed by atoms with E-state index in [0.717, 1.165) is 5.92 Å². The molecule has 3 saturated carbocycles. The van der Waals surface area contributed by atoms with Gasteiger partial charge in [0.2, 0.25) is 6.29 Å². The van der Waals surface area contributed by atoms with Gasteiger partial charge in [-0.2, -0.15) is 0 Å². The van der Waals surface area contributed by atoms with Crippen molar-refractivity contribution in [3.63, 3.8) is 0 Å². The Morgan fingerprint density at radius 3 is 2.18 bits per heavy atom. The monoisotopic (exact) mass is 454 g/mol. The fraction of sp³-hybridized carbons (Fsp3) is 0.900. The fourth-order valence-electron chi connectivity index (χ4n) is 11.4. The lowest BCUT2D eigenvalue weighted by molar-refractivity contribution is -0.294. The molecule has 2 aliphatic heterocycles. The molecule has 6 aliphatic rings. The molecule has 2 bridgehead atoms. The normalized spacial score (nSPS) is 54.5. The highest BCUT2D eigenvalue weighted by Crippen LogP contribution is 2.77. The second-order valence-electron chi connectivity index (χ2n) is 14.7. The van der Waals surface area contributed by atoms with E-state index in [1.807, 2.05) is 5.57 Å². The van der Waals surface area contributed by atoms with Crippen molar-refractivity contribution in [2.45, 2.75) is 119 Å². The number of allylic oxidation sites excluding steroid dienone is 2. The molecule has 2 saturated heterocycles. The molecule has 6 rings (SSSR count). The van der Waals surface area contributed by atoms with Crippen molar-refractivity contribution in [1.82, 2.24) is 0 Å². The van der Waals surface area contributed by atoms with Crippen molar-refractivity contribution >= 4 is 5.97 Å². The first-order valence-corrected chi connectivity index (χ1v) is 13.9. The maximum absolute atomic E-state index is 13.1. The molecule has 184 valence electrons. The Kier molecular flexibility index (Phi) is 4.44. The van der Waals surface area contributed by atoms with Gasteiger partial charge in [0.25, 0.3) is 0 Å². The number of carbonyl (C=O) groups is 1. The molecule has 2 heterocycles. The van der Waals surface area contributed by atoms with Gasteiger partial charge in [0.1, 0.15) is 0 Å². The summed E-state index contributed by atoms with van der Waals surface area (Å²) < 4.78 is 12.3. The number of carbonyl (C=O) groups excluding carboxylic acids is 1. The maximum Gasteiger partial charge on any atom is 0.338 e. The molecule has 33 heavy (non-hydrogen) atoms. The van der Waals surface area contributed by atoms with E-state index in [1.165, 1.54) is 51.4 Å². The highest BCUT2D eigenvalue weighted by atomic mass is 16.8. The topological polar surface area (TPSA) is 35.5 Å². The predicted octanol–water partition coefficient (Wildman–Crippen LogP) is 7.30. The van der Waals surface area contributed by atoms with Crippen molar-refractivity contribution in [3.8, 4) is 0 Å². The van der Waals surface area contributed by atoms with Gasteiger partial charge in [0, 0.05) is 10.8 Å². The molecule has 0 N–H and O–H groups in total. The van der Waals surface area contributed by atoms with E-state index in [9.17, 15) is 4.79 Å². The van der Waals surface area contributed by atoms with Gasteiger partial charge in [-0.25, -0.2) is 4.79 Å². The summed E-state index contributed by atoms with van der Waals surface area (Å²) in [5, 5.41) is 0. The van der Waals surface area contributed by atoms with Crippen LogP contribution in [0.2, 0.25) is 0 Å². The van der Waals surface area contributed by atoms with Crippen LogP contribution in [0.5, 0.6) is 0 Å². The van der Waals surface area contributed by atoms with Crippen LogP contribution in [0.1, 0.15) is 107 Å². The van der Waals surface area contributed by atoms with Gasteiger partial charge in [-0.1, -0.05) is 66.5 Å². The summed E-state index contributed by atoms with van der Waals surface area (Å²) in [5.41, 5.74) is 4.30. The van der Waals surface area contributed by atoms with Gasteiger partial charge < -0.3 is 9.47 Å². The minimum absolute atomic E-state index is 0.0900. The second-order valence-corrected chi connectivity index (χ2v) is 14.7. The zero-order valence-electron chi connectivity index (χ0n) is 22.3. The van der Waals surface area contributed by atoms with Crippen molar-refractivity contribution in [3.05, 3.63) is 11.1 Å². The van der Waals surface area contributed by atoms with Crippen molar-refractivity contribution < 1.29 is 14.3 Å². The molecule has 4 aliphatic carbocycles. The smallest absolute Gasteiger partial charge is 0.338 e. The molecule has 0 amide bonds. The van der Waals surface area contributed by atoms with E-state index >= 15 is 0 Å². The molecule has 0 spiro atoms. The summed E-state index contributed by atoms with van der Waals surface area (Å²) in [6, 6.07) is 0. The van der Waals surface area contributed by atoms with E-state index in [1.54, 1.807) is 5.57 Å². The van der Waals surface area contributed by atoms with E-state index < -0.39 is 0 Å². The Labute approximate surface area is 201 Å². The molecule has 0 radical (unpaired) electrons.